The average Bonchev–Trinajstić information content (AvgIpc) is 3.05. The molecule has 0 spiro atoms. The van der Waals surface area contributed by atoms with E-state index in [1.165, 1.54) is 11.8 Å². The maximum Gasteiger partial charge on any atom is 0.215 e. The molecule has 0 bridgehead atoms. The third kappa shape index (κ3) is 2.20. The molecule has 2 aromatic rings. The van der Waals surface area contributed by atoms with Gasteiger partial charge in [0, 0.05) is 0 Å². The number of hydrogen-bond donors (Lipinski definition) is 1. The van der Waals surface area contributed by atoms with Crippen LogP contribution in [0.1, 0.15) is 18.9 Å². The Morgan fingerprint density at radius 1 is 1.41 bits per heavy atom. The SMILES string of the molecule is Nc1ccc(Cl)nc1Sc1nnnn1C1CC1. The van der Waals surface area contributed by atoms with Gasteiger partial charge in [0.1, 0.15) is 10.2 Å². The molecule has 8 heteroatoms. The summed E-state index contributed by atoms with van der Waals surface area (Å²) in [5, 5.41) is 13.3. The molecule has 0 saturated heterocycles. The molecule has 6 nitrogen and oxygen atoms in total. The summed E-state index contributed by atoms with van der Waals surface area (Å²) in [5.41, 5.74) is 6.40. The molecule has 1 fully saturated rings. The highest BCUT2D eigenvalue weighted by atomic mass is 35.5. The van der Waals surface area contributed by atoms with Crippen molar-refractivity contribution in [2.75, 3.05) is 5.73 Å². The lowest BCUT2D eigenvalue weighted by atomic mass is 10.4. The van der Waals surface area contributed by atoms with E-state index in [0.717, 1.165) is 12.8 Å². The van der Waals surface area contributed by atoms with Gasteiger partial charge in [0.05, 0.1) is 11.7 Å². The van der Waals surface area contributed by atoms with Crippen molar-refractivity contribution in [1.82, 2.24) is 25.2 Å². The summed E-state index contributed by atoms with van der Waals surface area (Å²) in [5.74, 6) is 0. The number of nitrogens with zero attached hydrogens (tertiary/aromatic N) is 5. The Kier molecular flexibility index (Phi) is 2.64. The van der Waals surface area contributed by atoms with Gasteiger partial charge in [-0.05, 0) is 47.2 Å². The van der Waals surface area contributed by atoms with Crippen molar-refractivity contribution >= 4 is 29.1 Å². The van der Waals surface area contributed by atoms with E-state index in [1.807, 2.05) is 4.68 Å². The molecule has 1 aliphatic rings. The van der Waals surface area contributed by atoms with Crippen LogP contribution < -0.4 is 5.73 Å². The predicted octanol–water partition coefficient (Wildman–Crippen LogP) is 1.79. The zero-order chi connectivity index (χ0) is 11.8. The molecule has 0 radical (unpaired) electrons. The van der Waals surface area contributed by atoms with Crippen LogP contribution in [0.3, 0.4) is 0 Å². The first-order valence-electron chi connectivity index (χ1n) is 5.12. The van der Waals surface area contributed by atoms with Crippen LogP contribution in [0.5, 0.6) is 0 Å². The van der Waals surface area contributed by atoms with Gasteiger partial charge in [0.2, 0.25) is 5.16 Å². The van der Waals surface area contributed by atoms with Crippen LogP contribution in [-0.4, -0.2) is 25.2 Å². The van der Waals surface area contributed by atoms with Crippen LogP contribution >= 0.6 is 23.4 Å². The van der Waals surface area contributed by atoms with Gasteiger partial charge in [-0.1, -0.05) is 11.6 Å². The Labute approximate surface area is 107 Å². The van der Waals surface area contributed by atoms with E-state index in [-0.39, 0.29) is 0 Å². The Balaban J connectivity index is 1.90. The van der Waals surface area contributed by atoms with Gasteiger partial charge in [0.25, 0.3) is 0 Å². The minimum atomic E-state index is 0.409. The molecule has 2 aromatic heterocycles. The van der Waals surface area contributed by atoms with Crippen LogP contribution in [0.2, 0.25) is 5.15 Å². The molecule has 0 aliphatic heterocycles. The molecule has 0 aromatic carbocycles. The molecule has 17 heavy (non-hydrogen) atoms. The van der Waals surface area contributed by atoms with Crippen molar-refractivity contribution in [2.24, 2.45) is 0 Å². The fraction of sp³-hybridized carbons (Fsp3) is 0.333. The summed E-state index contributed by atoms with van der Waals surface area (Å²) in [6.07, 6.45) is 2.24. The van der Waals surface area contributed by atoms with E-state index >= 15 is 0 Å². The normalized spacial score (nSPS) is 15.1. The second kappa shape index (κ2) is 4.15. The second-order valence-electron chi connectivity index (χ2n) is 3.77. The van der Waals surface area contributed by atoms with Crippen molar-refractivity contribution in [3.05, 3.63) is 17.3 Å². The van der Waals surface area contributed by atoms with Gasteiger partial charge in [0.15, 0.2) is 0 Å². The zero-order valence-corrected chi connectivity index (χ0v) is 10.3. The molecule has 2 heterocycles. The van der Waals surface area contributed by atoms with Crippen LogP contribution in [0.15, 0.2) is 22.3 Å². The third-order valence-electron chi connectivity index (χ3n) is 2.40. The average molecular weight is 269 g/mol. The van der Waals surface area contributed by atoms with Gasteiger partial charge in [-0.15, -0.1) is 5.10 Å². The van der Waals surface area contributed by atoms with Crippen molar-refractivity contribution in [3.63, 3.8) is 0 Å². The number of nitrogen functional groups attached to an aromatic ring is 1. The van der Waals surface area contributed by atoms with Crippen molar-refractivity contribution in [3.8, 4) is 0 Å². The maximum absolute atomic E-state index is 5.83. The number of tetrazole rings is 1. The summed E-state index contributed by atoms with van der Waals surface area (Å²) in [4.78, 5) is 4.16. The smallest absolute Gasteiger partial charge is 0.215 e. The number of pyridine rings is 1. The minimum Gasteiger partial charge on any atom is -0.397 e. The number of halogens is 1. The number of rotatable bonds is 3. The van der Waals surface area contributed by atoms with Crippen LogP contribution in [0.25, 0.3) is 0 Å². The first kappa shape index (κ1) is 10.8. The zero-order valence-electron chi connectivity index (χ0n) is 8.75. The first-order chi connectivity index (χ1) is 8.24. The molecule has 0 amide bonds. The molecule has 3 rings (SSSR count). The van der Waals surface area contributed by atoms with Crippen LogP contribution in [0, 0.1) is 0 Å². The highest BCUT2D eigenvalue weighted by Crippen LogP contribution is 2.38. The molecule has 0 atom stereocenters. The monoisotopic (exact) mass is 268 g/mol. The van der Waals surface area contributed by atoms with Gasteiger partial charge in [-0.2, -0.15) is 0 Å². The number of anilines is 1. The predicted molar refractivity (Wildman–Crippen MR) is 63.9 cm³/mol. The standard InChI is InChI=1S/C9H9ClN6S/c10-7-4-3-6(11)8(12-7)17-9-13-14-15-16(9)5-1-2-5/h3-5H,1-2,11H2. The summed E-state index contributed by atoms with van der Waals surface area (Å²) < 4.78 is 1.81. The van der Waals surface area contributed by atoms with Crippen LogP contribution in [0.4, 0.5) is 5.69 Å². The molecule has 0 unspecified atom stereocenters. The Morgan fingerprint density at radius 2 is 2.24 bits per heavy atom. The van der Waals surface area contributed by atoms with Gasteiger partial charge in [-0.3, -0.25) is 0 Å². The fourth-order valence-corrected chi connectivity index (χ4v) is 2.45. The highest BCUT2D eigenvalue weighted by Gasteiger charge is 2.28. The highest BCUT2D eigenvalue weighted by molar-refractivity contribution is 7.99. The lowest BCUT2D eigenvalue weighted by Gasteiger charge is -2.04. The molecule has 1 aliphatic carbocycles. The minimum absolute atomic E-state index is 0.409. The topological polar surface area (TPSA) is 82.5 Å². The van der Waals surface area contributed by atoms with Gasteiger partial charge < -0.3 is 5.73 Å². The first-order valence-corrected chi connectivity index (χ1v) is 6.31. The summed E-state index contributed by atoms with van der Waals surface area (Å²) >= 11 is 7.17. The fourth-order valence-electron chi connectivity index (χ4n) is 1.40. The van der Waals surface area contributed by atoms with Crippen molar-refractivity contribution < 1.29 is 0 Å². The summed E-state index contributed by atoms with van der Waals surface area (Å²) in [6, 6.07) is 3.81. The maximum atomic E-state index is 5.83. The largest absolute Gasteiger partial charge is 0.397 e. The third-order valence-corrected chi connectivity index (χ3v) is 3.58. The summed E-state index contributed by atoms with van der Waals surface area (Å²) in [7, 11) is 0. The number of nitrogens with two attached hydrogens (primary N) is 1. The van der Waals surface area contributed by atoms with Gasteiger partial charge >= 0.3 is 0 Å². The van der Waals surface area contributed by atoms with E-state index in [2.05, 4.69) is 20.5 Å². The van der Waals surface area contributed by atoms with E-state index < -0.39 is 0 Å². The van der Waals surface area contributed by atoms with Crippen LogP contribution in [-0.2, 0) is 0 Å². The Morgan fingerprint density at radius 3 is 3.00 bits per heavy atom. The van der Waals surface area contributed by atoms with Crippen molar-refractivity contribution in [1.29, 1.82) is 0 Å². The van der Waals surface area contributed by atoms with E-state index in [4.69, 9.17) is 17.3 Å². The summed E-state index contributed by atoms with van der Waals surface area (Å²) in [6.45, 7) is 0. The Bertz CT molecular complexity index is 552. The lowest BCUT2D eigenvalue weighted by molar-refractivity contribution is 0.565. The van der Waals surface area contributed by atoms with E-state index in [0.29, 0.717) is 27.1 Å². The number of hydrogen-bond acceptors (Lipinski definition) is 6. The lowest BCUT2D eigenvalue weighted by Crippen LogP contribution is -2.00. The molecule has 1 saturated carbocycles. The molecular formula is C9H9ClN6S. The van der Waals surface area contributed by atoms with E-state index in [9.17, 15) is 0 Å². The molecule has 88 valence electrons. The molecule has 2 N–H and O–H groups in total. The van der Waals surface area contributed by atoms with Gasteiger partial charge in [-0.25, -0.2) is 9.67 Å². The quantitative estimate of drug-likeness (QED) is 0.855. The van der Waals surface area contributed by atoms with E-state index in [1.54, 1.807) is 12.1 Å². The molecular weight excluding hydrogens is 260 g/mol. The van der Waals surface area contributed by atoms with Crippen molar-refractivity contribution in [2.45, 2.75) is 29.1 Å². The second-order valence-corrected chi connectivity index (χ2v) is 5.11. The number of aromatic nitrogens is 5. The Hall–Kier alpha value is -1.34.